The van der Waals surface area contributed by atoms with Gasteiger partial charge in [0.25, 0.3) is 5.91 Å². The lowest BCUT2D eigenvalue weighted by atomic mass is 9.89. The maximum Gasteiger partial charge on any atom is 0.255 e. The molecule has 2 heterocycles. The van der Waals surface area contributed by atoms with Crippen LogP contribution >= 0.6 is 0 Å². The third-order valence-electron chi connectivity index (χ3n) is 4.68. The number of nitrogens with one attached hydrogen (secondary N) is 1. The Balaban J connectivity index is 1.84. The number of nitrogens with two attached hydrogens (primary N) is 1. The molecule has 0 saturated carbocycles. The Morgan fingerprint density at radius 2 is 1.82 bits per heavy atom. The fourth-order valence-electron chi connectivity index (χ4n) is 3.40. The van der Waals surface area contributed by atoms with Crippen molar-refractivity contribution in [3.63, 3.8) is 0 Å². The molecule has 4 rings (SSSR count). The largest absolute Gasteiger partial charge is 0.496 e. The van der Waals surface area contributed by atoms with Crippen LogP contribution in [0.25, 0.3) is 11.1 Å². The summed E-state index contributed by atoms with van der Waals surface area (Å²) < 4.78 is 33.3. The normalized spacial score (nSPS) is 15.7. The first-order chi connectivity index (χ1) is 13.5. The Bertz CT molecular complexity index is 1090. The van der Waals surface area contributed by atoms with Crippen LogP contribution in [0, 0.1) is 11.6 Å². The number of amides is 1. The quantitative estimate of drug-likeness (QED) is 0.727. The predicted molar refractivity (Wildman–Crippen MR) is 98.7 cm³/mol. The van der Waals surface area contributed by atoms with Gasteiger partial charge in [0.1, 0.15) is 17.4 Å². The number of anilines is 1. The van der Waals surface area contributed by atoms with Gasteiger partial charge in [-0.25, -0.2) is 18.7 Å². The van der Waals surface area contributed by atoms with Crippen molar-refractivity contribution in [1.29, 1.82) is 0 Å². The van der Waals surface area contributed by atoms with E-state index in [1.165, 1.54) is 43.6 Å². The zero-order valence-electron chi connectivity index (χ0n) is 14.9. The van der Waals surface area contributed by atoms with Gasteiger partial charge in [0.05, 0.1) is 24.4 Å². The molecule has 1 aliphatic heterocycles. The van der Waals surface area contributed by atoms with Crippen molar-refractivity contribution in [3.05, 3.63) is 71.1 Å². The molecule has 0 unspecified atom stereocenters. The molecule has 8 heteroatoms. The van der Waals surface area contributed by atoms with Gasteiger partial charge in [-0.2, -0.15) is 0 Å². The molecule has 142 valence electrons. The lowest BCUT2D eigenvalue weighted by Crippen LogP contribution is -2.36. The van der Waals surface area contributed by atoms with E-state index in [9.17, 15) is 13.6 Å². The van der Waals surface area contributed by atoms with E-state index >= 15 is 0 Å². The number of rotatable bonds is 3. The van der Waals surface area contributed by atoms with Gasteiger partial charge in [-0.15, -0.1) is 0 Å². The highest BCUT2D eigenvalue weighted by Gasteiger charge is 2.29. The number of hydrogen-bond acceptors (Lipinski definition) is 5. The molecule has 0 bridgehead atoms. The van der Waals surface area contributed by atoms with Crippen LogP contribution in [0.4, 0.5) is 14.7 Å². The smallest absolute Gasteiger partial charge is 0.255 e. The van der Waals surface area contributed by atoms with Gasteiger partial charge in [-0.05, 0) is 41.5 Å². The molecule has 3 N–H and O–H groups in total. The van der Waals surface area contributed by atoms with Crippen LogP contribution in [-0.4, -0.2) is 23.0 Å². The monoisotopic (exact) mass is 382 g/mol. The number of nitrogen functional groups attached to an aromatic ring is 1. The van der Waals surface area contributed by atoms with E-state index < -0.39 is 17.7 Å². The zero-order valence-corrected chi connectivity index (χ0v) is 14.9. The highest BCUT2D eigenvalue weighted by atomic mass is 19.1. The topological polar surface area (TPSA) is 90.1 Å². The maximum atomic E-state index is 14.0. The molecule has 2 aromatic carbocycles. The summed E-state index contributed by atoms with van der Waals surface area (Å²) in [5.41, 5.74) is 7.92. The van der Waals surface area contributed by atoms with E-state index in [1.807, 2.05) is 0 Å². The van der Waals surface area contributed by atoms with Gasteiger partial charge >= 0.3 is 0 Å². The van der Waals surface area contributed by atoms with Crippen molar-refractivity contribution in [2.45, 2.75) is 12.5 Å². The van der Waals surface area contributed by atoms with Crippen LogP contribution in [0.5, 0.6) is 5.75 Å². The minimum Gasteiger partial charge on any atom is -0.496 e. The second-order valence-corrected chi connectivity index (χ2v) is 6.39. The molecule has 1 aliphatic rings. The van der Waals surface area contributed by atoms with Crippen LogP contribution in [0.3, 0.4) is 0 Å². The Morgan fingerprint density at radius 3 is 2.57 bits per heavy atom. The number of ether oxygens (including phenoxy) is 1. The third-order valence-corrected chi connectivity index (χ3v) is 4.68. The standard InChI is InChI=1S/C20H16F2N4O2/c1-28-18-5-3-11(22)7-14(18)13-6-10(21)2-4-12(13)16-8-17-15(19(27)25-16)9-24-20(23)26-17/h2-7,9,16H,8H2,1H3,(H,25,27)(H2,23,24,26)/t16-/m1/s1. The van der Waals surface area contributed by atoms with E-state index in [2.05, 4.69) is 15.3 Å². The number of benzene rings is 2. The lowest BCUT2D eigenvalue weighted by Gasteiger charge is -2.27. The summed E-state index contributed by atoms with van der Waals surface area (Å²) in [4.78, 5) is 20.5. The summed E-state index contributed by atoms with van der Waals surface area (Å²) in [5.74, 6) is -0.864. The van der Waals surface area contributed by atoms with Gasteiger partial charge in [-0.1, -0.05) is 6.07 Å². The van der Waals surface area contributed by atoms with Gasteiger partial charge in [-0.3, -0.25) is 4.79 Å². The van der Waals surface area contributed by atoms with Gasteiger partial charge in [0.15, 0.2) is 0 Å². The summed E-state index contributed by atoms with van der Waals surface area (Å²) >= 11 is 0. The molecule has 1 atom stereocenters. The van der Waals surface area contributed by atoms with Crippen LogP contribution in [0.15, 0.2) is 42.6 Å². The Labute approximate surface area is 159 Å². The number of carbonyl (C=O) groups excluding carboxylic acids is 1. The first-order valence-electron chi connectivity index (χ1n) is 8.52. The second-order valence-electron chi connectivity index (χ2n) is 6.39. The summed E-state index contributed by atoms with van der Waals surface area (Å²) in [7, 11) is 1.45. The molecule has 6 nitrogen and oxygen atoms in total. The van der Waals surface area contributed by atoms with Crippen molar-refractivity contribution in [2.24, 2.45) is 0 Å². The first kappa shape index (κ1) is 17.8. The van der Waals surface area contributed by atoms with Gasteiger partial charge in [0, 0.05) is 18.2 Å². The molecule has 0 fully saturated rings. The number of carbonyl (C=O) groups is 1. The van der Waals surface area contributed by atoms with Crippen molar-refractivity contribution in [2.75, 3.05) is 12.8 Å². The minimum absolute atomic E-state index is 0.0679. The molecule has 1 amide bonds. The molecule has 0 radical (unpaired) electrons. The van der Waals surface area contributed by atoms with Crippen molar-refractivity contribution < 1.29 is 18.3 Å². The predicted octanol–water partition coefficient (Wildman–Crippen LogP) is 3.04. The molecule has 0 spiro atoms. The highest BCUT2D eigenvalue weighted by Crippen LogP contribution is 2.38. The number of methoxy groups -OCH3 is 1. The zero-order chi connectivity index (χ0) is 19.8. The van der Waals surface area contributed by atoms with Crippen LogP contribution < -0.4 is 15.8 Å². The number of nitrogens with zero attached hydrogens (tertiary/aromatic N) is 2. The van der Waals surface area contributed by atoms with E-state index in [0.29, 0.717) is 40.1 Å². The SMILES string of the molecule is COc1ccc(F)cc1-c1cc(F)ccc1[C@H]1Cc2nc(N)ncc2C(=O)N1. The molecule has 3 aromatic rings. The lowest BCUT2D eigenvalue weighted by molar-refractivity contribution is 0.0923. The fraction of sp³-hybridized carbons (Fsp3) is 0.150. The molecule has 0 aliphatic carbocycles. The Hall–Kier alpha value is -3.55. The number of hydrogen-bond donors (Lipinski definition) is 2. The van der Waals surface area contributed by atoms with Crippen molar-refractivity contribution in [3.8, 4) is 16.9 Å². The number of halogens is 2. The second kappa shape index (κ2) is 6.88. The fourth-order valence-corrected chi connectivity index (χ4v) is 3.40. The first-order valence-corrected chi connectivity index (χ1v) is 8.52. The number of fused-ring (bicyclic) bond motifs is 1. The van der Waals surface area contributed by atoms with Gasteiger partial charge < -0.3 is 15.8 Å². The van der Waals surface area contributed by atoms with Crippen LogP contribution in [0.2, 0.25) is 0 Å². The minimum atomic E-state index is -0.502. The van der Waals surface area contributed by atoms with Gasteiger partial charge in [0.2, 0.25) is 5.95 Å². The third kappa shape index (κ3) is 3.13. The summed E-state index contributed by atoms with van der Waals surface area (Å²) in [5, 5.41) is 2.87. The summed E-state index contributed by atoms with van der Waals surface area (Å²) in [6.07, 6.45) is 1.72. The molecular formula is C20H16F2N4O2. The molecule has 0 saturated heterocycles. The molecular weight excluding hydrogens is 366 g/mol. The molecule has 28 heavy (non-hydrogen) atoms. The average Bonchev–Trinajstić information content (AvgIpc) is 2.67. The number of aromatic nitrogens is 2. The maximum absolute atomic E-state index is 14.0. The van der Waals surface area contributed by atoms with Crippen LogP contribution in [-0.2, 0) is 6.42 Å². The van der Waals surface area contributed by atoms with E-state index in [1.54, 1.807) is 6.07 Å². The van der Waals surface area contributed by atoms with E-state index in [0.717, 1.165) is 0 Å². The van der Waals surface area contributed by atoms with Crippen molar-refractivity contribution in [1.82, 2.24) is 15.3 Å². The average molecular weight is 382 g/mol. The van der Waals surface area contributed by atoms with E-state index in [-0.39, 0.29) is 11.9 Å². The summed E-state index contributed by atoms with van der Waals surface area (Å²) in [6, 6.07) is 7.66. The Kier molecular flexibility index (Phi) is 4.38. The molecule has 1 aromatic heterocycles. The van der Waals surface area contributed by atoms with Crippen molar-refractivity contribution >= 4 is 11.9 Å². The Morgan fingerprint density at radius 1 is 1.11 bits per heavy atom. The van der Waals surface area contributed by atoms with E-state index in [4.69, 9.17) is 10.5 Å². The van der Waals surface area contributed by atoms with Crippen LogP contribution in [0.1, 0.15) is 27.7 Å². The highest BCUT2D eigenvalue weighted by molar-refractivity contribution is 5.96. The summed E-state index contributed by atoms with van der Waals surface area (Å²) in [6.45, 7) is 0.